The lowest BCUT2D eigenvalue weighted by Gasteiger charge is -2.50. The molecule has 2 rings (SSSR count). The second-order valence-electron chi connectivity index (χ2n) is 4.74. The third kappa shape index (κ3) is 1.47. The van der Waals surface area contributed by atoms with Gasteiger partial charge in [0.25, 0.3) is 0 Å². The van der Waals surface area contributed by atoms with Gasteiger partial charge in [-0.05, 0) is 43.4 Å². The van der Waals surface area contributed by atoms with Gasteiger partial charge in [-0.25, -0.2) is 0 Å². The molecule has 2 N–H and O–H groups in total. The van der Waals surface area contributed by atoms with E-state index in [0.717, 1.165) is 18.8 Å². The molecule has 0 saturated heterocycles. The predicted octanol–water partition coefficient (Wildman–Crippen LogP) is 2.35. The zero-order chi connectivity index (χ0) is 10.1. The molecule has 4 unspecified atom stereocenters. The van der Waals surface area contributed by atoms with Crippen molar-refractivity contribution in [1.29, 1.82) is 0 Å². The number of allylic oxidation sites excluding steroid dienone is 2. The van der Waals surface area contributed by atoms with Crippen LogP contribution in [0.1, 0.15) is 34.0 Å². The molecule has 0 aromatic heterocycles. The van der Waals surface area contributed by atoms with Crippen molar-refractivity contribution in [1.82, 2.24) is 0 Å². The first-order valence-corrected chi connectivity index (χ1v) is 5.66. The average molecular weight is 195 g/mol. The number of primary amides is 1. The zero-order valence-corrected chi connectivity index (χ0v) is 8.78. The summed E-state index contributed by atoms with van der Waals surface area (Å²) in [5.41, 5.74) is 5.43. The molecule has 0 aromatic rings. The Balaban J connectivity index is 0.00000112. The van der Waals surface area contributed by atoms with Crippen molar-refractivity contribution in [2.75, 3.05) is 0 Å². The van der Waals surface area contributed by atoms with Crippen LogP contribution in [0.25, 0.3) is 0 Å². The third-order valence-corrected chi connectivity index (χ3v) is 4.08. The molecule has 2 heteroatoms. The lowest BCUT2D eigenvalue weighted by molar-refractivity contribution is -0.137. The normalized spacial score (nSPS) is 44.1. The Labute approximate surface area is 87.0 Å². The molecule has 0 aromatic carbocycles. The zero-order valence-electron chi connectivity index (χ0n) is 8.78. The number of fused-ring (bicyclic) bond motifs is 1. The summed E-state index contributed by atoms with van der Waals surface area (Å²) in [6.45, 7) is 2.18. The van der Waals surface area contributed by atoms with Crippen LogP contribution in [0.5, 0.6) is 0 Å². The van der Waals surface area contributed by atoms with Crippen molar-refractivity contribution in [2.45, 2.75) is 32.6 Å². The van der Waals surface area contributed by atoms with E-state index in [2.05, 4.69) is 19.1 Å². The van der Waals surface area contributed by atoms with Crippen LogP contribution in [-0.4, -0.2) is 5.91 Å². The first kappa shape index (κ1) is 9.75. The van der Waals surface area contributed by atoms with E-state index in [1.807, 2.05) is 0 Å². The highest BCUT2D eigenvalue weighted by Gasteiger charge is 2.49. The minimum atomic E-state index is -0.0803. The van der Waals surface area contributed by atoms with Crippen LogP contribution in [-0.2, 0) is 4.79 Å². The van der Waals surface area contributed by atoms with Crippen molar-refractivity contribution in [3.8, 4) is 0 Å². The number of carbonyl (C=O) groups excluding carboxylic acids is 1. The summed E-state index contributed by atoms with van der Waals surface area (Å²) in [5.74, 6) is 1.92. The van der Waals surface area contributed by atoms with Crippen molar-refractivity contribution in [3.63, 3.8) is 0 Å². The smallest absolute Gasteiger partial charge is 0.221 e. The highest BCUT2D eigenvalue weighted by atomic mass is 16.1. The molecule has 2 aliphatic rings. The van der Waals surface area contributed by atoms with Gasteiger partial charge in [0.05, 0.1) is 0 Å². The highest BCUT2D eigenvalue weighted by Crippen LogP contribution is 2.50. The summed E-state index contributed by atoms with van der Waals surface area (Å²) in [6.07, 6.45) is 9.22. The van der Waals surface area contributed by atoms with Gasteiger partial charge in [0.2, 0.25) is 5.91 Å². The molecule has 1 amide bonds. The van der Waals surface area contributed by atoms with E-state index >= 15 is 0 Å². The van der Waals surface area contributed by atoms with Gasteiger partial charge >= 0.3 is 0 Å². The van der Waals surface area contributed by atoms with E-state index in [1.165, 1.54) is 12.8 Å². The van der Waals surface area contributed by atoms with Gasteiger partial charge in [-0.3, -0.25) is 4.79 Å². The number of nitrogens with two attached hydrogens (primary N) is 1. The minimum Gasteiger partial charge on any atom is -0.369 e. The fourth-order valence-electron chi connectivity index (χ4n) is 3.32. The molecule has 80 valence electrons. The molecule has 0 aliphatic heterocycles. The standard InChI is InChI=1S/C12H19NO.H2/c1-8-9-6-4-2-3-5-7-10(9)11(8)12(13)14;/h2-3,8-11H,4-7H2,1H3,(H2,13,14);1H/b3-2+;. The van der Waals surface area contributed by atoms with Crippen LogP contribution in [0.4, 0.5) is 0 Å². The Hall–Kier alpha value is -0.790. The summed E-state index contributed by atoms with van der Waals surface area (Å²) in [4.78, 5) is 11.2. The van der Waals surface area contributed by atoms with Crippen LogP contribution in [0.15, 0.2) is 12.2 Å². The van der Waals surface area contributed by atoms with Crippen molar-refractivity contribution >= 4 is 5.91 Å². The van der Waals surface area contributed by atoms with Gasteiger partial charge in [-0.15, -0.1) is 0 Å². The lowest BCUT2D eigenvalue weighted by Crippen LogP contribution is -2.51. The fourth-order valence-corrected chi connectivity index (χ4v) is 3.32. The highest BCUT2D eigenvalue weighted by molar-refractivity contribution is 5.78. The second-order valence-corrected chi connectivity index (χ2v) is 4.74. The lowest BCUT2D eigenvalue weighted by atomic mass is 9.54. The summed E-state index contributed by atoms with van der Waals surface area (Å²) < 4.78 is 0. The molecule has 0 radical (unpaired) electrons. The Kier molecular flexibility index (Phi) is 2.62. The van der Waals surface area contributed by atoms with E-state index in [1.54, 1.807) is 0 Å². The monoisotopic (exact) mass is 195 g/mol. The number of rotatable bonds is 1. The summed E-state index contributed by atoms with van der Waals surface area (Å²) in [5, 5.41) is 0. The van der Waals surface area contributed by atoms with Crippen LogP contribution in [0.2, 0.25) is 0 Å². The Morgan fingerprint density at radius 1 is 1.29 bits per heavy atom. The molecule has 1 saturated carbocycles. The number of hydrogen-bond donors (Lipinski definition) is 1. The van der Waals surface area contributed by atoms with E-state index in [4.69, 9.17) is 5.73 Å². The minimum absolute atomic E-state index is 0. The van der Waals surface area contributed by atoms with Gasteiger partial charge in [0.1, 0.15) is 0 Å². The Morgan fingerprint density at radius 3 is 2.43 bits per heavy atom. The fraction of sp³-hybridized carbons (Fsp3) is 0.750. The van der Waals surface area contributed by atoms with Crippen LogP contribution in [0, 0.1) is 23.7 Å². The molecule has 14 heavy (non-hydrogen) atoms. The van der Waals surface area contributed by atoms with Gasteiger partial charge in [0.15, 0.2) is 0 Å². The molecule has 2 nitrogen and oxygen atoms in total. The van der Waals surface area contributed by atoms with Crippen LogP contribution < -0.4 is 5.73 Å². The Bertz CT molecular complexity index is 264. The molecule has 2 aliphatic carbocycles. The quantitative estimate of drug-likeness (QED) is 0.641. The Morgan fingerprint density at radius 2 is 1.86 bits per heavy atom. The van der Waals surface area contributed by atoms with E-state index < -0.39 is 0 Å². The maximum Gasteiger partial charge on any atom is 0.221 e. The number of carbonyl (C=O) groups is 1. The SMILES string of the molecule is CC1C2CC/C=C/CCC2C1C(N)=O.[HH]. The van der Waals surface area contributed by atoms with E-state index in [0.29, 0.717) is 11.8 Å². The van der Waals surface area contributed by atoms with Gasteiger partial charge in [-0.1, -0.05) is 19.1 Å². The maximum atomic E-state index is 11.2. The molecule has 1 fully saturated rings. The van der Waals surface area contributed by atoms with Gasteiger partial charge < -0.3 is 5.73 Å². The first-order valence-electron chi connectivity index (χ1n) is 5.66. The molecular weight excluding hydrogens is 174 g/mol. The van der Waals surface area contributed by atoms with E-state index in [9.17, 15) is 4.79 Å². The van der Waals surface area contributed by atoms with Crippen molar-refractivity contribution in [3.05, 3.63) is 12.2 Å². The maximum absolute atomic E-state index is 11.2. The van der Waals surface area contributed by atoms with Gasteiger partial charge in [-0.2, -0.15) is 0 Å². The number of amides is 1. The summed E-state index contributed by atoms with van der Waals surface area (Å²) >= 11 is 0. The molecule has 0 spiro atoms. The average Bonchev–Trinajstić information content (AvgIpc) is 2.08. The van der Waals surface area contributed by atoms with Gasteiger partial charge in [0, 0.05) is 7.34 Å². The predicted molar refractivity (Wildman–Crippen MR) is 58.6 cm³/mol. The number of hydrogen-bond acceptors (Lipinski definition) is 1. The summed E-state index contributed by atoms with van der Waals surface area (Å²) in [7, 11) is 0. The summed E-state index contributed by atoms with van der Waals surface area (Å²) in [6, 6.07) is 0. The largest absolute Gasteiger partial charge is 0.369 e. The molecular formula is C12H21NO. The van der Waals surface area contributed by atoms with Crippen LogP contribution in [0.3, 0.4) is 0 Å². The molecule has 0 heterocycles. The molecule has 0 bridgehead atoms. The van der Waals surface area contributed by atoms with Crippen LogP contribution >= 0.6 is 0 Å². The first-order chi connectivity index (χ1) is 6.72. The third-order valence-electron chi connectivity index (χ3n) is 4.08. The van der Waals surface area contributed by atoms with Crippen molar-refractivity contribution in [2.24, 2.45) is 29.4 Å². The molecule has 4 atom stereocenters. The van der Waals surface area contributed by atoms with Crippen molar-refractivity contribution < 1.29 is 6.22 Å². The second kappa shape index (κ2) is 3.76. The van der Waals surface area contributed by atoms with E-state index in [-0.39, 0.29) is 13.3 Å². The topological polar surface area (TPSA) is 43.1 Å².